The maximum absolute atomic E-state index is 11.4. The summed E-state index contributed by atoms with van der Waals surface area (Å²) < 4.78 is 0. The van der Waals surface area contributed by atoms with Crippen molar-refractivity contribution in [2.24, 2.45) is 0 Å². The van der Waals surface area contributed by atoms with Crippen molar-refractivity contribution < 1.29 is 19.8 Å². The van der Waals surface area contributed by atoms with E-state index in [9.17, 15) is 9.59 Å². The van der Waals surface area contributed by atoms with Crippen molar-refractivity contribution in [1.29, 1.82) is 0 Å². The van der Waals surface area contributed by atoms with E-state index in [1.165, 1.54) is 16.9 Å². The van der Waals surface area contributed by atoms with Gasteiger partial charge in [-0.15, -0.1) is 10.2 Å². The van der Waals surface area contributed by atoms with Crippen LogP contribution in [0, 0.1) is 0 Å². The third kappa shape index (κ3) is 4.17. The number of nitrogens with zero attached hydrogens (tertiary/aromatic N) is 4. The highest BCUT2D eigenvalue weighted by atomic mass is 16.4. The molecule has 0 saturated carbocycles. The molecule has 8 nitrogen and oxygen atoms in total. The first-order valence-electron chi connectivity index (χ1n) is 7.87. The predicted octanol–water partition coefficient (Wildman–Crippen LogP) is 1.19. The number of carboxylic acids is 1. The van der Waals surface area contributed by atoms with Crippen LogP contribution in [0.15, 0.2) is 48.5 Å². The van der Waals surface area contributed by atoms with Crippen LogP contribution < -0.4 is 0 Å². The molecule has 0 unspecified atom stereocenters. The van der Waals surface area contributed by atoms with Crippen molar-refractivity contribution in [3.05, 3.63) is 76.6 Å². The van der Waals surface area contributed by atoms with Crippen LogP contribution in [0.5, 0.6) is 0 Å². The Morgan fingerprint density at radius 2 is 1.54 bits per heavy atom. The van der Waals surface area contributed by atoms with Gasteiger partial charge in [-0.25, -0.2) is 4.79 Å². The molecular weight excluding hydrogens is 336 g/mol. The second kappa shape index (κ2) is 7.66. The molecule has 3 aromatic rings. The van der Waals surface area contributed by atoms with Crippen molar-refractivity contribution in [3.8, 4) is 0 Å². The molecule has 26 heavy (non-hydrogen) atoms. The highest BCUT2D eigenvalue weighted by molar-refractivity contribution is 5.96. The van der Waals surface area contributed by atoms with E-state index in [0.29, 0.717) is 24.4 Å². The first-order chi connectivity index (χ1) is 12.5. The lowest BCUT2D eigenvalue weighted by molar-refractivity contribution is 0.0696. The number of ketones is 1. The molecule has 2 N–H and O–H groups in total. The number of aromatic nitrogens is 4. The second-order valence-corrected chi connectivity index (χ2v) is 5.69. The fourth-order valence-electron chi connectivity index (χ4n) is 2.41. The van der Waals surface area contributed by atoms with Crippen molar-refractivity contribution in [2.75, 3.05) is 6.61 Å². The minimum atomic E-state index is -0.965. The van der Waals surface area contributed by atoms with E-state index in [1.54, 1.807) is 36.4 Å². The van der Waals surface area contributed by atoms with E-state index in [-0.39, 0.29) is 11.3 Å². The number of carbonyl (C=O) groups is 2. The molecule has 0 fully saturated rings. The van der Waals surface area contributed by atoms with E-state index >= 15 is 0 Å². The molecule has 0 radical (unpaired) electrons. The van der Waals surface area contributed by atoms with Gasteiger partial charge in [0.15, 0.2) is 11.6 Å². The van der Waals surface area contributed by atoms with E-state index < -0.39 is 12.6 Å². The van der Waals surface area contributed by atoms with Crippen molar-refractivity contribution >= 4 is 11.8 Å². The molecule has 0 spiro atoms. The first-order valence-corrected chi connectivity index (χ1v) is 7.87. The maximum atomic E-state index is 11.4. The van der Waals surface area contributed by atoms with Crippen molar-refractivity contribution in [2.45, 2.75) is 13.0 Å². The van der Waals surface area contributed by atoms with Crippen molar-refractivity contribution in [3.63, 3.8) is 0 Å². The fraction of sp³-hybridized carbons (Fsp3) is 0.167. The first kappa shape index (κ1) is 17.4. The van der Waals surface area contributed by atoms with Crippen LogP contribution >= 0.6 is 0 Å². The quantitative estimate of drug-likeness (QED) is 0.613. The van der Waals surface area contributed by atoms with Crippen molar-refractivity contribution in [1.82, 2.24) is 20.2 Å². The second-order valence-electron chi connectivity index (χ2n) is 5.69. The number of rotatable bonds is 7. The number of tetrazole rings is 1. The van der Waals surface area contributed by atoms with Gasteiger partial charge in [-0.05, 0) is 28.5 Å². The Bertz CT molecular complexity index is 917. The summed E-state index contributed by atoms with van der Waals surface area (Å²) >= 11 is 0. The molecule has 132 valence electrons. The number of aliphatic hydroxyl groups is 1. The standard InChI is InChI=1S/C18H16N4O4/c23-11-16(24)14-5-3-13(4-6-14)10-22-20-17(19-21-22)9-12-1-7-15(8-2-12)18(25)26/h1-8,23H,9-11H2,(H,25,26). The molecule has 0 saturated heterocycles. The smallest absolute Gasteiger partial charge is 0.335 e. The van der Waals surface area contributed by atoms with E-state index in [0.717, 1.165) is 11.1 Å². The summed E-state index contributed by atoms with van der Waals surface area (Å²) in [6, 6.07) is 13.4. The molecule has 8 heteroatoms. The van der Waals surface area contributed by atoms with Crippen LogP contribution in [0.3, 0.4) is 0 Å². The topological polar surface area (TPSA) is 118 Å². The van der Waals surface area contributed by atoms with E-state index in [2.05, 4.69) is 15.4 Å². The molecule has 1 heterocycles. The summed E-state index contributed by atoms with van der Waals surface area (Å²) in [6.45, 7) is -0.112. The van der Waals surface area contributed by atoms with Gasteiger partial charge in [0, 0.05) is 12.0 Å². The van der Waals surface area contributed by atoms with Gasteiger partial charge >= 0.3 is 5.97 Å². The summed E-state index contributed by atoms with van der Waals surface area (Å²) in [6.07, 6.45) is 0.448. The van der Waals surface area contributed by atoms with Gasteiger partial charge in [-0.3, -0.25) is 4.79 Å². The van der Waals surface area contributed by atoms with Crippen LogP contribution in [-0.2, 0) is 13.0 Å². The van der Waals surface area contributed by atoms with Crippen LogP contribution in [-0.4, -0.2) is 48.8 Å². The zero-order valence-corrected chi connectivity index (χ0v) is 13.7. The van der Waals surface area contributed by atoms with Gasteiger partial charge in [-0.1, -0.05) is 36.4 Å². The molecule has 1 aromatic heterocycles. The average Bonchev–Trinajstić information content (AvgIpc) is 3.09. The van der Waals surface area contributed by atoms with Crippen LogP contribution in [0.1, 0.15) is 37.7 Å². The molecule has 0 atom stereocenters. The van der Waals surface area contributed by atoms with Gasteiger partial charge in [-0.2, -0.15) is 4.80 Å². The number of benzene rings is 2. The predicted molar refractivity (Wildman–Crippen MR) is 91.0 cm³/mol. The number of carbonyl (C=O) groups excluding carboxylic acids is 1. The Hall–Kier alpha value is -3.39. The number of Topliss-reactive ketones (excluding diaryl/α,β-unsaturated/α-hetero) is 1. The molecule has 0 aliphatic rings. The number of aromatic carboxylic acids is 1. The molecule has 2 aromatic carbocycles. The number of carboxylic acid groups (broad SMARTS) is 1. The normalized spacial score (nSPS) is 10.7. The van der Waals surface area contributed by atoms with E-state index in [1.807, 2.05) is 0 Å². The average molecular weight is 352 g/mol. The highest BCUT2D eigenvalue weighted by Gasteiger charge is 2.08. The Balaban J connectivity index is 1.64. The van der Waals surface area contributed by atoms with Crippen LogP contribution in [0.2, 0.25) is 0 Å². The van der Waals surface area contributed by atoms with Gasteiger partial charge in [0.2, 0.25) is 0 Å². The fourth-order valence-corrected chi connectivity index (χ4v) is 2.41. The minimum Gasteiger partial charge on any atom is -0.478 e. The summed E-state index contributed by atoms with van der Waals surface area (Å²) in [4.78, 5) is 23.7. The zero-order chi connectivity index (χ0) is 18.5. The summed E-state index contributed by atoms with van der Waals surface area (Å²) in [5.41, 5.74) is 2.47. The van der Waals surface area contributed by atoms with E-state index in [4.69, 9.17) is 10.2 Å². The Labute approximate surface area is 148 Å². The monoisotopic (exact) mass is 352 g/mol. The number of hydrogen-bond acceptors (Lipinski definition) is 6. The summed E-state index contributed by atoms with van der Waals surface area (Å²) in [7, 11) is 0. The molecule has 3 rings (SSSR count). The van der Waals surface area contributed by atoms with Gasteiger partial charge in [0.05, 0.1) is 12.1 Å². The lowest BCUT2D eigenvalue weighted by Crippen LogP contribution is -2.06. The third-order valence-corrected chi connectivity index (χ3v) is 3.80. The lowest BCUT2D eigenvalue weighted by Gasteiger charge is -2.02. The maximum Gasteiger partial charge on any atom is 0.335 e. The summed E-state index contributed by atoms with van der Waals surface area (Å²) in [5, 5.41) is 30.1. The Kier molecular flexibility index (Phi) is 5.14. The van der Waals surface area contributed by atoms with Gasteiger partial charge < -0.3 is 10.2 Å². The molecular formula is C18H16N4O4. The van der Waals surface area contributed by atoms with Crippen LogP contribution in [0.4, 0.5) is 0 Å². The zero-order valence-electron chi connectivity index (χ0n) is 13.7. The minimum absolute atomic E-state index is 0.230. The Morgan fingerprint density at radius 3 is 2.15 bits per heavy atom. The number of hydrogen-bond donors (Lipinski definition) is 2. The molecule has 0 bridgehead atoms. The van der Waals surface area contributed by atoms with Gasteiger partial charge in [0.1, 0.15) is 6.61 Å². The van der Waals surface area contributed by atoms with Crippen LogP contribution in [0.25, 0.3) is 0 Å². The third-order valence-electron chi connectivity index (χ3n) is 3.80. The van der Waals surface area contributed by atoms with Gasteiger partial charge in [0.25, 0.3) is 0 Å². The lowest BCUT2D eigenvalue weighted by atomic mass is 10.1. The largest absolute Gasteiger partial charge is 0.478 e. The molecule has 0 aliphatic carbocycles. The SMILES string of the molecule is O=C(O)c1ccc(Cc2nnn(Cc3ccc(C(=O)CO)cc3)n2)cc1. The molecule has 0 amide bonds. The molecule has 0 aliphatic heterocycles. The highest BCUT2D eigenvalue weighted by Crippen LogP contribution is 2.09. The Morgan fingerprint density at radius 1 is 0.923 bits per heavy atom. The summed E-state index contributed by atoms with van der Waals surface area (Å²) in [5.74, 6) is -0.765. The number of aliphatic hydroxyl groups excluding tert-OH is 1.